The van der Waals surface area contributed by atoms with Crippen LogP contribution < -0.4 is 14.2 Å². The smallest absolute Gasteiger partial charge is 0.333 e. The summed E-state index contributed by atoms with van der Waals surface area (Å²) >= 11 is 0. The van der Waals surface area contributed by atoms with Gasteiger partial charge in [-0.3, -0.25) is 0 Å². The van der Waals surface area contributed by atoms with Crippen molar-refractivity contribution in [3.8, 4) is 34.5 Å². The van der Waals surface area contributed by atoms with Crippen molar-refractivity contribution >= 4 is 36.1 Å². The number of phenols is 3. The number of esters is 3. The van der Waals surface area contributed by atoms with Crippen molar-refractivity contribution in [1.82, 2.24) is 0 Å². The molecule has 35 heteroatoms. The summed E-state index contributed by atoms with van der Waals surface area (Å²) in [5.41, 5.74) is 1.67. The molecule has 7 heterocycles. The SMILES string of the molecule is COc1cc(/C=C/C(=O)OC2C(C)OC(OC3C(C)OC(C)C(O)C3O)C(O)C2O)ccc1O.COc1cc(/C=C/C(=O)OC2C(C)OC(OC3C(C)OC(O)C4OC(C)(C)OC34)C(O)C2O)ccc1O.COc1cc(/C=C/C(=O)O[C@@H]2OC(C)[C@H](O[C@@H]3OC(C)[C@H](O)[C@H](O)C3O)[C@H](O)C2O)ccc1O. The van der Waals surface area contributed by atoms with Gasteiger partial charge in [0.05, 0.1) is 64.1 Å². The first-order valence-corrected chi connectivity index (χ1v) is 33.6. The number of aliphatic hydroxyl groups excluding tert-OH is 12. The summed E-state index contributed by atoms with van der Waals surface area (Å²) < 4.78 is 92.9. The summed E-state index contributed by atoms with van der Waals surface area (Å²) in [5, 5.41) is 153. The molecule has 24 unspecified atom stereocenters. The van der Waals surface area contributed by atoms with Gasteiger partial charge in [0.25, 0.3) is 0 Å². The largest absolute Gasteiger partial charge is 0.504 e. The fourth-order valence-corrected chi connectivity index (χ4v) is 12.4. The first kappa shape index (κ1) is 83.8. The lowest BCUT2D eigenvalue weighted by molar-refractivity contribution is -0.348. The highest BCUT2D eigenvalue weighted by atomic mass is 16.8. The Morgan fingerprint density at radius 2 is 0.657 bits per heavy atom. The van der Waals surface area contributed by atoms with Gasteiger partial charge < -0.3 is 157 Å². The van der Waals surface area contributed by atoms with Crippen LogP contribution in [0.4, 0.5) is 0 Å². The van der Waals surface area contributed by atoms with Crippen LogP contribution in [0, 0.1) is 0 Å². The first-order chi connectivity index (χ1) is 49.4. The lowest BCUT2D eigenvalue weighted by Gasteiger charge is -2.45. The molecular formula is C70H96O35. The highest BCUT2D eigenvalue weighted by Crippen LogP contribution is 2.41. The van der Waals surface area contributed by atoms with Gasteiger partial charge in [-0.2, -0.15) is 0 Å². The summed E-state index contributed by atoms with van der Waals surface area (Å²) in [4.78, 5) is 36.9. The van der Waals surface area contributed by atoms with Gasteiger partial charge in [0, 0.05) is 18.2 Å². The molecule has 0 amide bonds. The zero-order valence-electron chi connectivity index (χ0n) is 59.4. The number of hydrogen-bond donors (Lipinski definition) is 15. The van der Waals surface area contributed by atoms with Crippen LogP contribution in [0.2, 0.25) is 0 Å². The molecule has 15 N–H and O–H groups in total. The van der Waals surface area contributed by atoms with Crippen molar-refractivity contribution in [2.24, 2.45) is 0 Å². The summed E-state index contributed by atoms with van der Waals surface area (Å²) in [6.45, 7) is 14.4. The van der Waals surface area contributed by atoms with Crippen LogP contribution in [0.25, 0.3) is 18.2 Å². The van der Waals surface area contributed by atoms with Crippen LogP contribution >= 0.6 is 0 Å². The van der Waals surface area contributed by atoms with E-state index < -0.39 is 208 Å². The number of methoxy groups -OCH3 is 3. The molecule has 35 nitrogen and oxygen atoms in total. The standard InChI is InChI=1S/C25H34O12.C23H32O11.C22H30O12/c1-11-19(34-16(27)9-7-13-6-8-14(26)15(10-13)31-5)17(28)18(29)24(33-11)35-20-12(2)32-23(30)22-21(20)36-25(3,4)37-22;1-10-17(26)18(27)22(11(2)31-10)34-23-20(29)19(28)21(12(3)32-23)33-16(25)8-6-13-5-7-14(24)15(9-13)30-4;1-9-15(25)16(26)18(28)22(31-9)34-20-10(2)32-21(19(29)17(20)27)33-14(24)7-5-11-4-6-12(23)13(8-11)30-3/h6-12,17-24,26,28-30H,1-5H3;5-12,17-24,26-29H,1-4H3;4-10,15-23,25-29H,1-3H3/b9-7+;8-6+;7-5+/t;;9?,10?,15-,16-,17+,18?,19?,20-,21-,22-/m..0/s1. The van der Waals surface area contributed by atoms with Gasteiger partial charge in [-0.15, -0.1) is 0 Å². The Balaban J connectivity index is 0.000000199. The van der Waals surface area contributed by atoms with Gasteiger partial charge in [0.15, 0.2) is 77.7 Å². The normalized spacial score (nSPS) is 38.9. The summed E-state index contributed by atoms with van der Waals surface area (Å²) in [6.07, 6.45) is -27.9. The van der Waals surface area contributed by atoms with Crippen LogP contribution in [-0.2, 0) is 80.7 Å². The Morgan fingerprint density at radius 3 is 1.09 bits per heavy atom. The van der Waals surface area contributed by atoms with Gasteiger partial charge in [-0.1, -0.05) is 18.2 Å². The second-order valence-corrected chi connectivity index (χ2v) is 26.4. The van der Waals surface area contributed by atoms with Gasteiger partial charge in [-0.25, -0.2) is 14.4 Å². The van der Waals surface area contributed by atoms with E-state index in [0.717, 1.165) is 18.2 Å². The number of fused-ring (bicyclic) bond motifs is 1. The van der Waals surface area contributed by atoms with Crippen molar-refractivity contribution < 1.29 is 172 Å². The lowest BCUT2D eigenvalue weighted by atomic mass is 9.95. The monoisotopic (exact) mass is 1500 g/mol. The first-order valence-electron chi connectivity index (χ1n) is 33.6. The maximum Gasteiger partial charge on any atom is 0.333 e. The van der Waals surface area contributed by atoms with E-state index in [9.17, 15) is 91.0 Å². The van der Waals surface area contributed by atoms with Gasteiger partial charge >= 0.3 is 17.9 Å². The number of rotatable bonds is 18. The quantitative estimate of drug-likeness (QED) is 0.0403. The Hall–Kier alpha value is -6.83. The third-order valence-corrected chi connectivity index (χ3v) is 18.2. The molecule has 0 aliphatic carbocycles. The second kappa shape index (κ2) is 36.4. The zero-order chi connectivity index (χ0) is 77.4. The van der Waals surface area contributed by atoms with Gasteiger partial charge in [0.1, 0.15) is 97.7 Å². The molecular weight excluding hydrogens is 1400 g/mol. The van der Waals surface area contributed by atoms with Crippen molar-refractivity contribution in [2.75, 3.05) is 21.3 Å². The molecule has 0 aromatic heterocycles. The molecule has 0 bridgehead atoms. The highest BCUT2D eigenvalue weighted by Gasteiger charge is 2.58. The van der Waals surface area contributed by atoms with Crippen LogP contribution in [-0.4, -0.2) is 306 Å². The Labute approximate surface area is 603 Å². The van der Waals surface area contributed by atoms with Crippen molar-refractivity contribution in [1.29, 1.82) is 0 Å². The minimum absolute atomic E-state index is 0.0408. The fourth-order valence-electron chi connectivity index (χ4n) is 12.4. The molecule has 0 saturated carbocycles. The molecule has 30 atom stereocenters. The second-order valence-electron chi connectivity index (χ2n) is 26.4. The molecule has 3 aromatic rings. The van der Waals surface area contributed by atoms with Gasteiger partial charge in [0.2, 0.25) is 6.29 Å². The van der Waals surface area contributed by atoms with E-state index in [-0.39, 0.29) is 34.5 Å². The molecule has 10 rings (SSSR count). The predicted molar refractivity (Wildman–Crippen MR) is 355 cm³/mol. The van der Waals surface area contributed by atoms with E-state index in [1.807, 2.05) is 0 Å². The lowest BCUT2D eigenvalue weighted by Crippen LogP contribution is -2.63. The maximum atomic E-state index is 12.4. The number of aromatic hydroxyl groups is 3. The maximum absolute atomic E-state index is 12.4. The van der Waals surface area contributed by atoms with Crippen molar-refractivity contribution in [3.63, 3.8) is 0 Å². The molecule has 0 radical (unpaired) electrons. The molecule has 105 heavy (non-hydrogen) atoms. The predicted octanol–water partition coefficient (Wildman–Crippen LogP) is -1.22. The number of carbonyl (C=O) groups is 3. The Morgan fingerprint density at radius 1 is 0.352 bits per heavy atom. The van der Waals surface area contributed by atoms with E-state index in [2.05, 4.69) is 0 Å². The van der Waals surface area contributed by atoms with Crippen LogP contribution in [0.3, 0.4) is 0 Å². The summed E-state index contributed by atoms with van der Waals surface area (Å²) in [5.74, 6) is -2.88. The van der Waals surface area contributed by atoms with E-state index in [1.165, 1.54) is 96.7 Å². The third kappa shape index (κ3) is 20.5. The van der Waals surface area contributed by atoms with E-state index >= 15 is 0 Å². The minimum atomic E-state index is -1.69. The average Bonchev–Trinajstić information content (AvgIpc) is 1.68. The van der Waals surface area contributed by atoms with E-state index in [4.69, 9.17) is 80.5 Å². The number of ether oxygens (including phenoxy) is 17. The molecule has 7 fully saturated rings. The minimum Gasteiger partial charge on any atom is -0.504 e. The third-order valence-electron chi connectivity index (χ3n) is 18.2. The van der Waals surface area contributed by atoms with Crippen LogP contribution in [0.15, 0.2) is 72.8 Å². The fraction of sp³-hybridized carbons (Fsp3) is 0.614. The number of benzene rings is 3. The van der Waals surface area contributed by atoms with Crippen LogP contribution in [0.5, 0.6) is 34.5 Å². The van der Waals surface area contributed by atoms with E-state index in [1.54, 1.807) is 59.7 Å². The Kier molecular flexibility index (Phi) is 29.0. The van der Waals surface area contributed by atoms with Crippen molar-refractivity contribution in [2.45, 2.75) is 252 Å². The highest BCUT2D eigenvalue weighted by molar-refractivity contribution is 5.88. The van der Waals surface area contributed by atoms with Gasteiger partial charge in [-0.05, 0) is 134 Å². The molecule has 7 aliphatic rings. The number of hydrogen-bond acceptors (Lipinski definition) is 35. The molecule has 7 aliphatic heterocycles. The molecule has 3 aromatic carbocycles. The summed E-state index contributed by atoms with van der Waals surface area (Å²) in [6, 6.07) is 13.5. The topological polar surface area (TPSA) is 512 Å². The number of carbonyl (C=O) groups excluding carboxylic acids is 3. The summed E-state index contributed by atoms with van der Waals surface area (Å²) in [7, 11) is 4.19. The number of phenolic OH excluding ortho intramolecular Hbond substituents is 3. The van der Waals surface area contributed by atoms with Crippen LogP contribution in [0.1, 0.15) is 79.0 Å². The number of aliphatic hydroxyl groups is 12. The van der Waals surface area contributed by atoms with Crippen molar-refractivity contribution in [3.05, 3.63) is 89.5 Å². The molecule has 586 valence electrons. The zero-order valence-corrected chi connectivity index (χ0v) is 59.4. The Bertz CT molecular complexity index is 3440. The molecule has 7 saturated heterocycles. The molecule has 0 spiro atoms. The van der Waals surface area contributed by atoms with E-state index in [0.29, 0.717) is 16.7 Å². The average molecular weight is 1500 g/mol.